The predicted octanol–water partition coefficient (Wildman–Crippen LogP) is 4.01. The zero-order chi connectivity index (χ0) is 17.0. The van der Waals surface area contributed by atoms with E-state index in [1.807, 2.05) is 12.1 Å². The summed E-state index contributed by atoms with van der Waals surface area (Å²) >= 11 is 3.60. The number of rotatable bonds is 1. The summed E-state index contributed by atoms with van der Waals surface area (Å²) in [4.78, 5) is 2.36. The molecule has 130 valence electrons. The third-order valence-corrected chi connectivity index (χ3v) is 6.03. The van der Waals surface area contributed by atoms with Crippen LogP contribution < -0.4 is 4.74 Å². The average Bonchev–Trinajstić information content (AvgIpc) is 3.28. The first-order valence-corrected chi connectivity index (χ1v) is 9.52. The highest BCUT2D eigenvalue weighted by atomic mass is 79.9. The second kappa shape index (κ2) is 5.61. The molecule has 5 rings (SSSR count). The molecule has 0 unspecified atom stereocenters. The van der Waals surface area contributed by atoms with Gasteiger partial charge in [-0.3, -0.25) is 0 Å². The van der Waals surface area contributed by atoms with Crippen LogP contribution in [-0.2, 0) is 0 Å². The van der Waals surface area contributed by atoms with E-state index in [4.69, 9.17) is 14.3 Å². The van der Waals surface area contributed by atoms with Gasteiger partial charge in [0, 0.05) is 42.4 Å². The van der Waals surface area contributed by atoms with Gasteiger partial charge in [0.1, 0.15) is 17.2 Å². The molecule has 1 atom stereocenters. The van der Waals surface area contributed by atoms with Gasteiger partial charge in [-0.25, -0.2) is 5.01 Å². The summed E-state index contributed by atoms with van der Waals surface area (Å²) < 4.78 is 13.3. The van der Waals surface area contributed by atoms with Gasteiger partial charge in [-0.15, -0.1) is 0 Å². The molecule has 4 heterocycles. The molecule has 1 aromatic carbocycles. The number of ether oxygens (including phenoxy) is 1. The summed E-state index contributed by atoms with van der Waals surface area (Å²) in [7, 11) is 2.17. The van der Waals surface area contributed by atoms with Gasteiger partial charge in [0.15, 0.2) is 0 Å². The van der Waals surface area contributed by atoms with Crippen LogP contribution in [0.4, 0.5) is 0 Å². The number of piperidine rings is 1. The van der Waals surface area contributed by atoms with Crippen molar-refractivity contribution in [3.63, 3.8) is 0 Å². The number of hydrazone groups is 1. The van der Waals surface area contributed by atoms with Crippen molar-refractivity contribution in [2.45, 2.75) is 31.0 Å². The van der Waals surface area contributed by atoms with E-state index in [0.717, 1.165) is 54.0 Å². The van der Waals surface area contributed by atoms with Gasteiger partial charge in [0.2, 0.25) is 5.72 Å². The summed E-state index contributed by atoms with van der Waals surface area (Å²) in [5.74, 6) is 1.85. The first kappa shape index (κ1) is 15.5. The van der Waals surface area contributed by atoms with Crippen LogP contribution in [-0.4, -0.2) is 41.5 Å². The van der Waals surface area contributed by atoms with E-state index in [2.05, 4.69) is 51.1 Å². The van der Waals surface area contributed by atoms with Crippen LogP contribution in [0.25, 0.3) is 0 Å². The summed E-state index contributed by atoms with van der Waals surface area (Å²) in [5.41, 5.74) is 1.85. The molecule has 1 fully saturated rings. The second-order valence-corrected chi connectivity index (χ2v) is 8.04. The van der Waals surface area contributed by atoms with Crippen LogP contribution in [0.5, 0.6) is 5.75 Å². The number of furan rings is 1. The Balaban J connectivity index is 1.60. The Bertz CT molecular complexity index is 825. The van der Waals surface area contributed by atoms with Crippen LogP contribution in [0.1, 0.15) is 36.6 Å². The topological polar surface area (TPSA) is 41.2 Å². The van der Waals surface area contributed by atoms with E-state index < -0.39 is 0 Å². The number of hydrogen-bond acceptors (Lipinski definition) is 5. The number of nitrogens with zero attached hydrogens (tertiary/aromatic N) is 3. The maximum Gasteiger partial charge on any atom is 0.200 e. The van der Waals surface area contributed by atoms with Gasteiger partial charge in [0.25, 0.3) is 0 Å². The Hall–Kier alpha value is -1.79. The molecule has 25 heavy (non-hydrogen) atoms. The van der Waals surface area contributed by atoms with E-state index in [1.165, 1.54) is 5.56 Å². The normalized spacial score (nSPS) is 24.6. The minimum absolute atomic E-state index is 0.199. The lowest BCUT2D eigenvalue weighted by atomic mass is 9.91. The third-order valence-electron chi connectivity index (χ3n) is 5.53. The minimum Gasteiger partial charge on any atom is -0.466 e. The lowest BCUT2D eigenvalue weighted by Gasteiger charge is -2.50. The number of hydrogen-bond donors (Lipinski definition) is 0. The summed E-state index contributed by atoms with van der Waals surface area (Å²) in [5, 5.41) is 7.20. The third kappa shape index (κ3) is 2.42. The van der Waals surface area contributed by atoms with Crippen LogP contribution in [0.2, 0.25) is 0 Å². The second-order valence-electron chi connectivity index (χ2n) is 7.12. The highest BCUT2D eigenvalue weighted by Gasteiger charge is 2.51. The van der Waals surface area contributed by atoms with Crippen LogP contribution in [0, 0.1) is 0 Å². The molecule has 3 aliphatic heterocycles. The van der Waals surface area contributed by atoms with Gasteiger partial charge in [-0.1, -0.05) is 15.9 Å². The molecule has 1 saturated heterocycles. The quantitative estimate of drug-likeness (QED) is 0.723. The molecule has 0 saturated carbocycles. The van der Waals surface area contributed by atoms with Gasteiger partial charge < -0.3 is 14.1 Å². The van der Waals surface area contributed by atoms with Crippen LogP contribution >= 0.6 is 15.9 Å². The standard InChI is InChI=1S/C19H20BrN3O2/c1-22-8-6-19(7-9-22)23-16(12-15(21-23)18-3-2-10-24-18)14-11-13(20)4-5-17(14)25-19/h2-5,10-11,16H,6-9,12H2,1H3/t16-/m1/s1. The fourth-order valence-corrected chi connectivity index (χ4v) is 4.52. The number of likely N-dealkylation sites (tertiary alicyclic amines) is 1. The van der Waals surface area contributed by atoms with Crippen molar-refractivity contribution >= 4 is 21.6 Å². The molecular formula is C19H20BrN3O2. The molecule has 0 N–H and O–H groups in total. The van der Waals surface area contributed by atoms with Crippen LogP contribution in [0.15, 0.2) is 50.6 Å². The molecule has 0 bridgehead atoms. The van der Waals surface area contributed by atoms with Crippen LogP contribution in [0.3, 0.4) is 0 Å². The van der Waals surface area contributed by atoms with Crippen molar-refractivity contribution in [2.24, 2.45) is 5.10 Å². The molecule has 1 aromatic heterocycles. The summed E-state index contributed by atoms with van der Waals surface area (Å²) in [6.07, 6.45) is 4.45. The number of fused-ring (bicyclic) bond motifs is 4. The molecule has 0 aliphatic carbocycles. The molecular weight excluding hydrogens is 382 g/mol. The average molecular weight is 402 g/mol. The Morgan fingerprint density at radius 2 is 2.08 bits per heavy atom. The molecule has 3 aliphatic rings. The summed E-state index contributed by atoms with van der Waals surface area (Å²) in [6.45, 7) is 2.03. The largest absolute Gasteiger partial charge is 0.466 e. The van der Waals surface area contributed by atoms with Gasteiger partial charge >= 0.3 is 0 Å². The van der Waals surface area contributed by atoms with Gasteiger partial charge in [0.05, 0.1) is 12.3 Å². The first-order valence-electron chi connectivity index (χ1n) is 8.72. The maximum atomic E-state index is 6.58. The minimum atomic E-state index is -0.355. The van der Waals surface area contributed by atoms with Crippen molar-refractivity contribution < 1.29 is 9.15 Å². The van der Waals surface area contributed by atoms with E-state index in [-0.39, 0.29) is 11.8 Å². The van der Waals surface area contributed by atoms with Crippen molar-refractivity contribution in [1.29, 1.82) is 0 Å². The number of benzene rings is 1. The lowest BCUT2D eigenvalue weighted by molar-refractivity contribution is -0.147. The van der Waals surface area contributed by atoms with Crippen molar-refractivity contribution in [3.8, 4) is 5.75 Å². The lowest BCUT2D eigenvalue weighted by Crippen LogP contribution is -2.58. The molecule has 2 aromatic rings. The molecule has 0 radical (unpaired) electrons. The van der Waals surface area contributed by atoms with Gasteiger partial charge in [-0.05, 0) is 37.4 Å². The summed E-state index contributed by atoms with van der Waals surface area (Å²) in [6, 6.07) is 10.4. The van der Waals surface area contributed by atoms with Crippen molar-refractivity contribution in [1.82, 2.24) is 9.91 Å². The zero-order valence-electron chi connectivity index (χ0n) is 14.1. The van der Waals surface area contributed by atoms with Crippen molar-refractivity contribution in [3.05, 3.63) is 52.4 Å². The predicted molar refractivity (Wildman–Crippen MR) is 98.7 cm³/mol. The van der Waals surface area contributed by atoms with E-state index in [1.54, 1.807) is 6.26 Å². The Kier molecular flexibility index (Phi) is 3.47. The molecule has 5 nitrogen and oxygen atoms in total. The molecule has 1 spiro atoms. The number of halogens is 1. The Morgan fingerprint density at radius 3 is 2.84 bits per heavy atom. The maximum absolute atomic E-state index is 6.58. The van der Waals surface area contributed by atoms with E-state index in [0.29, 0.717) is 0 Å². The Labute approximate surface area is 155 Å². The highest BCUT2D eigenvalue weighted by molar-refractivity contribution is 9.10. The van der Waals surface area contributed by atoms with E-state index in [9.17, 15) is 0 Å². The highest BCUT2D eigenvalue weighted by Crippen LogP contribution is 2.50. The molecule has 0 amide bonds. The Morgan fingerprint density at radius 1 is 1.24 bits per heavy atom. The fourth-order valence-electron chi connectivity index (χ4n) is 4.14. The first-order chi connectivity index (χ1) is 12.1. The fraction of sp³-hybridized carbons (Fsp3) is 0.421. The van der Waals surface area contributed by atoms with Gasteiger partial charge in [-0.2, -0.15) is 5.10 Å². The van der Waals surface area contributed by atoms with E-state index >= 15 is 0 Å². The smallest absolute Gasteiger partial charge is 0.200 e. The molecule has 6 heteroatoms. The SMILES string of the molecule is CN1CCC2(CC1)Oc1ccc(Br)cc1[C@H]1CC(c3ccco3)=NN12. The van der Waals surface area contributed by atoms with Crippen molar-refractivity contribution in [2.75, 3.05) is 20.1 Å². The monoisotopic (exact) mass is 401 g/mol. The zero-order valence-corrected chi connectivity index (χ0v) is 15.7.